The van der Waals surface area contributed by atoms with Gasteiger partial charge in [-0.05, 0) is 104 Å². The number of benzene rings is 9. The van der Waals surface area contributed by atoms with Crippen LogP contribution in [0, 0.1) is 25.7 Å². The molecule has 1 saturated heterocycles. The van der Waals surface area contributed by atoms with Crippen molar-refractivity contribution in [1.29, 1.82) is 0 Å². The topological polar surface area (TPSA) is 32.0 Å². The van der Waals surface area contributed by atoms with E-state index in [0.717, 1.165) is 62.4 Å². The Bertz CT molecular complexity index is 4410. The number of nitrogens with zero attached hydrogens (tertiary/aromatic N) is 5. The van der Waals surface area contributed by atoms with Gasteiger partial charge in [-0.25, -0.2) is 4.98 Å². The monoisotopic (exact) mass is 1240 g/mol. The molecule has 6 heterocycles. The van der Waals surface area contributed by atoms with Gasteiger partial charge in [0.15, 0.2) is 18.0 Å². The summed E-state index contributed by atoms with van der Waals surface area (Å²) in [5.41, 5.74) is 20.1. The summed E-state index contributed by atoms with van der Waals surface area (Å²) in [4.78, 5) is 5.23. The van der Waals surface area contributed by atoms with Crippen molar-refractivity contribution in [3.05, 3.63) is 241 Å². The van der Waals surface area contributed by atoms with Crippen molar-refractivity contribution in [3.8, 4) is 45.3 Å². The second kappa shape index (κ2) is 18.9. The molecule has 0 saturated carbocycles. The summed E-state index contributed by atoms with van der Waals surface area (Å²) in [5.74, 6) is 2.07. The van der Waals surface area contributed by atoms with Crippen LogP contribution in [0.4, 0.5) is 22.7 Å². The third kappa shape index (κ3) is 8.43. The van der Waals surface area contributed by atoms with Crippen LogP contribution in [0.5, 0.6) is 11.5 Å². The molecule has 0 spiro atoms. The largest absolute Gasteiger partial charge is 0.509 e. The number of quaternary nitrogens is 2. The molecule has 0 N–H and O–H groups in total. The van der Waals surface area contributed by atoms with E-state index in [9.17, 15) is 0 Å². The predicted octanol–water partition coefficient (Wildman–Crippen LogP) is 19.6. The van der Waals surface area contributed by atoms with Crippen LogP contribution in [0.25, 0.3) is 77.4 Å². The minimum absolute atomic E-state index is 0. The fourth-order valence-corrected chi connectivity index (χ4v) is 12.8. The SMILES string of the molecule is Cc1cc(-n2c3[c-]c(Oc4[c-]c([N@@+]56[CH-][N@@+](c7cc(C(C)(C)C)cc(C(C)(C)C)c7)(C5)c5c(-c7cccc(C(C)(C)C)c7)cccc56)ccc4)ccc3c3ccccc32)ncc1-c1cccc(-n2c3ccccc3c3ccccc32)c1.[Pt]. The summed E-state index contributed by atoms with van der Waals surface area (Å²) >= 11 is 0. The van der Waals surface area contributed by atoms with Gasteiger partial charge in [-0.2, -0.15) is 12.1 Å². The van der Waals surface area contributed by atoms with E-state index < -0.39 is 0 Å². The van der Waals surface area contributed by atoms with Crippen LogP contribution in [0.15, 0.2) is 200 Å². The molecule has 1 fully saturated rings. The molecule has 6 nitrogen and oxygen atoms in total. The number of aryl methyl sites for hydroxylation is 1. The summed E-state index contributed by atoms with van der Waals surface area (Å²) in [6.45, 7) is 26.4. The van der Waals surface area contributed by atoms with Gasteiger partial charge in [0.1, 0.15) is 11.5 Å². The van der Waals surface area contributed by atoms with E-state index in [0.29, 0.717) is 20.5 Å². The molecular formula is C74H66N5OPt-. The average molecular weight is 1240 g/mol. The van der Waals surface area contributed by atoms with Crippen LogP contribution in [0.3, 0.4) is 0 Å². The first-order chi connectivity index (χ1) is 38.4. The van der Waals surface area contributed by atoms with Crippen molar-refractivity contribution >= 4 is 66.4 Å². The molecule has 2 atom stereocenters. The Hall–Kier alpha value is -7.86. The van der Waals surface area contributed by atoms with E-state index in [4.69, 9.17) is 9.72 Å². The molecule has 81 heavy (non-hydrogen) atoms. The van der Waals surface area contributed by atoms with Crippen LogP contribution >= 0.6 is 0 Å². The third-order valence-corrected chi connectivity index (χ3v) is 17.1. The van der Waals surface area contributed by atoms with Crippen LogP contribution in [-0.4, -0.2) is 20.8 Å². The minimum atomic E-state index is -0.0357. The second-order valence-electron chi connectivity index (χ2n) is 25.5. The zero-order valence-electron chi connectivity index (χ0n) is 47.8. The quantitative estimate of drug-likeness (QED) is 0.112. The summed E-state index contributed by atoms with van der Waals surface area (Å²) in [5, 5.41) is 4.71. The molecule has 9 aromatic carbocycles. The zero-order chi connectivity index (χ0) is 55.1. The van der Waals surface area contributed by atoms with Crippen LogP contribution in [0.2, 0.25) is 0 Å². The number of hydrogen-bond acceptors (Lipinski definition) is 2. The third-order valence-electron chi connectivity index (χ3n) is 17.1. The van der Waals surface area contributed by atoms with E-state index >= 15 is 0 Å². The maximum absolute atomic E-state index is 6.90. The Morgan fingerprint density at radius 3 is 1.70 bits per heavy atom. The Kier molecular flexibility index (Phi) is 12.2. The first kappa shape index (κ1) is 52.5. The molecule has 12 aromatic rings. The van der Waals surface area contributed by atoms with Crippen molar-refractivity contribution in [2.75, 3.05) is 6.67 Å². The summed E-state index contributed by atoms with van der Waals surface area (Å²) in [6, 6.07) is 78.5. The summed E-state index contributed by atoms with van der Waals surface area (Å²) < 4.78 is 12.7. The standard InChI is InChI=1S/C74H66N5O.Pt/c1-48-37-70(75-45-64(48)50-22-18-24-54(39-50)76-65-31-14-11-27-60(65)61-28-12-15-32-66(61)76)77-67-33-16-13-29-62(67)63-36-35-58(44-68(63)77)80-57-26-19-25-55(43-57)78-46-79(47-78,56-41-52(73(5,6)7)40-53(42-56)74(8,9)10)71-59(30-20-34-69(71)78)49-21-17-23-51(38-49)72(2,3)4;/h11-42,45-46H,47H2,1-10H3;/q-1;/t78-,79+;/m1./s1. The van der Waals surface area contributed by atoms with Gasteiger partial charge in [-0.1, -0.05) is 177 Å². The molecule has 0 aliphatic carbocycles. The molecule has 0 amide bonds. The first-order valence-corrected chi connectivity index (χ1v) is 28.1. The number of ether oxygens (including phenoxy) is 1. The second-order valence-corrected chi connectivity index (χ2v) is 25.5. The molecule has 3 aliphatic heterocycles. The van der Waals surface area contributed by atoms with Crippen molar-refractivity contribution < 1.29 is 25.8 Å². The smallest absolute Gasteiger partial charge is 0.187 e. The Balaban J connectivity index is 0.00000618. The molecule has 3 aromatic heterocycles. The summed E-state index contributed by atoms with van der Waals surface area (Å²) in [7, 11) is 0. The van der Waals surface area contributed by atoms with Gasteiger partial charge in [0.2, 0.25) is 0 Å². The number of para-hydroxylation sites is 4. The zero-order valence-corrected chi connectivity index (χ0v) is 50.1. The van der Waals surface area contributed by atoms with Gasteiger partial charge in [0, 0.05) is 95.8 Å². The molecule has 15 rings (SSSR count). The Morgan fingerprint density at radius 1 is 0.494 bits per heavy atom. The number of fused-ring (bicyclic) bond motifs is 6. The fraction of sp³-hybridized carbons (Fsp3) is 0.189. The number of rotatable bonds is 8. The molecule has 404 valence electrons. The molecule has 7 heteroatoms. The molecule has 2 bridgehead atoms. The van der Waals surface area contributed by atoms with Gasteiger partial charge in [-0.3, -0.25) is 4.48 Å². The molecular weight excluding hydrogens is 1170 g/mol. The van der Waals surface area contributed by atoms with Gasteiger partial charge < -0.3 is 18.4 Å². The number of pyridine rings is 1. The van der Waals surface area contributed by atoms with Gasteiger partial charge in [-0.15, -0.1) is 29.7 Å². The average Bonchev–Trinajstić information content (AvgIpc) is 4.18. The van der Waals surface area contributed by atoms with E-state index in [1.54, 1.807) is 0 Å². The molecule has 0 unspecified atom stereocenters. The van der Waals surface area contributed by atoms with Gasteiger partial charge in [0.25, 0.3) is 0 Å². The maximum Gasteiger partial charge on any atom is 0.187 e. The van der Waals surface area contributed by atoms with Crippen molar-refractivity contribution in [3.63, 3.8) is 0 Å². The number of hydrogen-bond donors (Lipinski definition) is 0. The normalized spacial score (nSPS) is 16.9. The Morgan fingerprint density at radius 2 is 1.06 bits per heavy atom. The van der Waals surface area contributed by atoms with Gasteiger partial charge in [0.05, 0.1) is 17.7 Å². The minimum Gasteiger partial charge on any atom is -0.509 e. The van der Waals surface area contributed by atoms with E-state index in [1.165, 1.54) is 66.7 Å². The van der Waals surface area contributed by atoms with Gasteiger partial charge >= 0.3 is 0 Å². The first-order valence-electron chi connectivity index (χ1n) is 28.1. The number of aromatic nitrogens is 3. The van der Waals surface area contributed by atoms with Crippen LogP contribution in [0.1, 0.15) is 84.6 Å². The van der Waals surface area contributed by atoms with E-state index in [2.05, 4.69) is 279 Å². The molecule has 0 radical (unpaired) electrons. The summed E-state index contributed by atoms with van der Waals surface area (Å²) in [6.07, 6.45) is 2.03. The van der Waals surface area contributed by atoms with Crippen molar-refractivity contribution in [1.82, 2.24) is 23.1 Å². The van der Waals surface area contributed by atoms with Crippen LogP contribution < -0.4 is 13.7 Å². The van der Waals surface area contributed by atoms with E-state index in [-0.39, 0.29) is 37.3 Å². The van der Waals surface area contributed by atoms with Crippen molar-refractivity contribution in [2.45, 2.75) is 85.5 Å². The van der Waals surface area contributed by atoms with E-state index in [1.807, 2.05) is 18.3 Å². The fourth-order valence-electron chi connectivity index (χ4n) is 12.8. The molecule has 3 aliphatic rings. The maximum atomic E-state index is 6.90. The Labute approximate surface area is 491 Å². The van der Waals surface area contributed by atoms with Crippen LogP contribution in [-0.2, 0) is 37.3 Å². The van der Waals surface area contributed by atoms with Crippen molar-refractivity contribution in [2.24, 2.45) is 0 Å². The predicted molar refractivity (Wildman–Crippen MR) is 334 cm³/mol.